The zero-order valence-corrected chi connectivity index (χ0v) is 12.9. The van der Waals surface area contributed by atoms with Crippen molar-refractivity contribution in [3.63, 3.8) is 0 Å². The van der Waals surface area contributed by atoms with Crippen molar-refractivity contribution in [3.8, 4) is 0 Å². The van der Waals surface area contributed by atoms with Gasteiger partial charge in [0.25, 0.3) is 0 Å². The lowest BCUT2D eigenvalue weighted by atomic mass is 9.78. The summed E-state index contributed by atoms with van der Waals surface area (Å²) in [6.45, 7) is 3.73. The molecule has 0 spiro atoms. The highest BCUT2D eigenvalue weighted by Crippen LogP contribution is 2.28. The second kappa shape index (κ2) is 7.33. The molecule has 0 aliphatic heterocycles. The highest BCUT2D eigenvalue weighted by atomic mass is 32.2. The minimum Gasteiger partial charge on any atom is -0.481 e. The number of aliphatic carboxylic acids is 1. The predicted molar refractivity (Wildman–Crippen MR) is 82.0 cm³/mol. The molecule has 5 heteroatoms. The molecule has 2 N–H and O–H groups in total. The Hall–Kier alpha value is -1.49. The topological polar surface area (TPSA) is 66.4 Å². The van der Waals surface area contributed by atoms with Gasteiger partial charge in [-0.05, 0) is 25.2 Å². The number of hydrogen-bond acceptors (Lipinski definition) is 3. The van der Waals surface area contributed by atoms with E-state index in [2.05, 4.69) is 5.32 Å². The number of nitrogens with one attached hydrogen (secondary N) is 1. The van der Waals surface area contributed by atoms with Crippen molar-refractivity contribution < 1.29 is 14.7 Å². The van der Waals surface area contributed by atoms with Crippen molar-refractivity contribution in [2.24, 2.45) is 0 Å². The summed E-state index contributed by atoms with van der Waals surface area (Å²) in [4.78, 5) is 23.6. The van der Waals surface area contributed by atoms with Crippen molar-refractivity contribution in [3.05, 3.63) is 35.9 Å². The zero-order valence-electron chi connectivity index (χ0n) is 12.1. The van der Waals surface area contributed by atoms with Crippen LogP contribution in [0.1, 0.15) is 25.8 Å². The number of carbonyl (C=O) groups excluding carboxylic acids is 1. The second-order valence-electron chi connectivity index (χ2n) is 4.70. The van der Waals surface area contributed by atoms with E-state index in [1.807, 2.05) is 31.4 Å². The van der Waals surface area contributed by atoms with E-state index >= 15 is 0 Å². The smallest absolute Gasteiger partial charge is 0.315 e. The fourth-order valence-electron chi connectivity index (χ4n) is 2.03. The quantitative estimate of drug-likeness (QED) is 0.810. The molecule has 1 aromatic rings. The lowest BCUT2D eigenvalue weighted by Gasteiger charge is -2.29. The molecule has 0 aromatic heterocycles. The van der Waals surface area contributed by atoms with Gasteiger partial charge in [0.1, 0.15) is 5.41 Å². The van der Waals surface area contributed by atoms with E-state index in [1.54, 1.807) is 19.1 Å². The summed E-state index contributed by atoms with van der Waals surface area (Å²) in [5, 5.41) is 12.2. The zero-order chi connectivity index (χ0) is 15.2. The molecule has 0 aliphatic rings. The summed E-state index contributed by atoms with van der Waals surface area (Å²) in [6.07, 6.45) is 2.27. The third kappa shape index (κ3) is 3.54. The van der Waals surface area contributed by atoms with Gasteiger partial charge in [-0.1, -0.05) is 37.3 Å². The first kappa shape index (κ1) is 16.6. The fraction of sp³-hybridized carbons (Fsp3) is 0.467. The Labute approximate surface area is 124 Å². The maximum absolute atomic E-state index is 11.9. The lowest BCUT2D eigenvalue weighted by Crippen LogP contribution is -2.47. The third-order valence-electron chi connectivity index (χ3n) is 3.63. The molecule has 2 unspecified atom stereocenters. The van der Waals surface area contributed by atoms with Crippen molar-refractivity contribution >= 4 is 23.6 Å². The Morgan fingerprint density at radius 3 is 2.40 bits per heavy atom. The minimum absolute atomic E-state index is 0.104. The van der Waals surface area contributed by atoms with Gasteiger partial charge < -0.3 is 10.4 Å². The number of carboxylic acids is 1. The van der Waals surface area contributed by atoms with Gasteiger partial charge in [-0.2, -0.15) is 11.8 Å². The first-order valence-electron chi connectivity index (χ1n) is 6.57. The molecular weight excluding hydrogens is 274 g/mol. The van der Waals surface area contributed by atoms with Gasteiger partial charge in [-0.3, -0.25) is 9.59 Å². The molecule has 1 aromatic carbocycles. The maximum Gasteiger partial charge on any atom is 0.315 e. The van der Waals surface area contributed by atoms with Crippen LogP contribution in [0.4, 0.5) is 0 Å². The summed E-state index contributed by atoms with van der Waals surface area (Å²) in [7, 11) is 0. The first-order chi connectivity index (χ1) is 9.47. The average molecular weight is 295 g/mol. The summed E-state index contributed by atoms with van der Waals surface area (Å²) in [5.74, 6) is -1.05. The van der Waals surface area contributed by atoms with Gasteiger partial charge in [0.05, 0.1) is 5.25 Å². The normalized spacial score (nSPS) is 15.2. The van der Waals surface area contributed by atoms with E-state index in [0.29, 0.717) is 12.0 Å². The predicted octanol–water partition coefficient (Wildman–Crippen LogP) is 2.29. The fourth-order valence-corrected chi connectivity index (χ4v) is 2.32. The summed E-state index contributed by atoms with van der Waals surface area (Å²) in [6, 6.07) is 9.06. The van der Waals surface area contributed by atoms with E-state index in [4.69, 9.17) is 0 Å². The number of carbonyl (C=O) groups is 2. The Morgan fingerprint density at radius 2 is 1.95 bits per heavy atom. The standard InChI is InChI=1S/C15H21NO3S/c1-4-15(14(18)19,12-8-6-5-7-9-12)10-16-13(17)11(2)20-3/h5-9,11H,4,10H2,1-3H3,(H,16,17)(H,18,19). The van der Waals surface area contributed by atoms with E-state index < -0.39 is 11.4 Å². The molecule has 0 saturated carbocycles. The van der Waals surface area contributed by atoms with E-state index in [9.17, 15) is 14.7 Å². The highest BCUT2D eigenvalue weighted by Gasteiger charge is 2.39. The molecule has 4 nitrogen and oxygen atoms in total. The van der Waals surface area contributed by atoms with Crippen LogP contribution in [-0.4, -0.2) is 35.0 Å². The number of carboxylic acid groups (broad SMARTS) is 1. The molecule has 2 atom stereocenters. The lowest BCUT2D eigenvalue weighted by molar-refractivity contribution is -0.144. The van der Waals surface area contributed by atoms with Crippen LogP contribution < -0.4 is 5.32 Å². The molecule has 20 heavy (non-hydrogen) atoms. The maximum atomic E-state index is 11.9. The van der Waals surface area contributed by atoms with Gasteiger partial charge >= 0.3 is 5.97 Å². The first-order valence-corrected chi connectivity index (χ1v) is 7.86. The molecule has 0 fully saturated rings. The van der Waals surface area contributed by atoms with Crippen LogP contribution in [0, 0.1) is 0 Å². The van der Waals surface area contributed by atoms with E-state index in [1.165, 1.54) is 11.8 Å². The molecule has 0 bridgehead atoms. The molecule has 110 valence electrons. The van der Waals surface area contributed by atoms with Crippen LogP contribution in [0.15, 0.2) is 30.3 Å². The van der Waals surface area contributed by atoms with Crippen molar-refractivity contribution in [2.45, 2.75) is 30.9 Å². The summed E-state index contributed by atoms with van der Waals surface area (Å²) >= 11 is 1.44. The van der Waals surface area contributed by atoms with Crippen molar-refractivity contribution in [2.75, 3.05) is 12.8 Å². The monoisotopic (exact) mass is 295 g/mol. The molecule has 0 radical (unpaired) electrons. The Morgan fingerprint density at radius 1 is 1.35 bits per heavy atom. The third-order valence-corrected chi connectivity index (χ3v) is 4.55. The van der Waals surface area contributed by atoms with Gasteiger partial charge in [0, 0.05) is 6.54 Å². The van der Waals surface area contributed by atoms with Crippen LogP contribution in [0.25, 0.3) is 0 Å². The SMILES string of the molecule is CCC(CNC(=O)C(C)SC)(C(=O)O)c1ccccc1. The number of thioether (sulfide) groups is 1. The van der Waals surface area contributed by atoms with Crippen LogP contribution in [0.5, 0.6) is 0 Å². The number of rotatable bonds is 7. The minimum atomic E-state index is -1.07. The molecule has 0 saturated heterocycles. The van der Waals surface area contributed by atoms with E-state index in [0.717, 1.165) is 0 Å². The van der Waals surface area contributed by atoms with Crippen molar-refractivity contribution in [1.82, 2.24) is 5.32 Å². The Bertz CT molecular complexity index is 463. The van der Waals surface area contributed by atoms with Crippen molar-refractivity contribution in [1.29, 1.82) is 0 Å². The molecule has 1 rings (SSSR count). The van der Waals surface area contributed by atoms with Gasteiger partial charge in [-0.25, -0.2) is 0 Å². The molecule has 0 aliphatic carbocycles. The van der Waals surface area contributed by atoms with Gasteiger partial charge in [-0.15, -0.1) is 0 Å². The van der Waals surface area contributed by atoms with Gasteiger partial charge in [0.15, 0.2) is 0 Å². The highest BCUT2D eigenvalue weighted by molar-refractivity contribution is 7.99. The number of amides is 1. The Kier molecular flexibility index (Phi) is 6.07. The van der Waals surface area contributed by atoms with Crippen LogP contribution >= 0.6 is 11.8 Å². The van der Waals surface area contributed by atoms with E-state index in [-0.39, 0.29) is 17.7 Å². The summed E-state index contributed by atoms with van der Waals surface area (Å²) in [5.41, 5.74) is -0.359. The van der Waals surface area contributed by atoms with Crippen LogP contribution in [0.3, 0.4) is 0 Å². The number of benzene rings is 1. The molecule has 0 heterocycles. The molecular formula is C15H21NO3S. The van der Waals surface area contributed by atoms with Crippen LogP contribution in [0.2, 0.25) is 0 Å². The van der Waals surface area contributed by atoms with Crippen LogP contribution in [-0.2, 0) is 15.0 Å². The largest absolute Gasteiger partial charge is 0.481 e. The van der Waals surface area contributed by atoms with Gasteiger partial charge in [0.2, 0.25) is 5.91 Å². The average Bonchev–Trinajstić information content (AvgIpc) is 2.48. The second-order valence-corrected chi connectivity index (χ2v) is 5.88. The molecule has 1 amide bonds. The summed E-state index contributed by atoms with van der Waals surface area (Å²) < 4.78 is 0. The Balaban J connectivity index is 2.97. The number of hydrogen-bond donors (Lipinski definition) is 2.